The van der Waals surface area contributed by atoms with Crippen molar-refractivity contribution >= 4 is 5.91 Å². The number of amides is 1. The number of carbonyl (C=O) groups excluding carboxylic acids is 1. The van der Waals surface area contributed by atoms with Gasteiger partial charge in [0.2, 0.25) is 5.91 Å². The summed E-state index contributed by atoms with van der Waals surface area (Å²) in [4.78, 5) is 14.3. The van der Waals surface area contributed by atoms with E-state index in [2.05, 4.69) is 16.3 Å². The van der Waals surface area contributed by atoms with Crippen LogP contribution in [0, 0.1) is 0 Å². The predicted octanol–water partition coefficient (Wildman–Crippen LogP) is 1.34. The van der Waals surface area contributed by atoms with E-state index in [-0.39, 0.29) is 18.1 Å². The number of aliphatic hydroxyl groups is 1. The lowest BCUT2D eigenvalue weighted by atomic mass is 9.97. The molecular formula is C18H26N2O3. The number of rotatable bonds is 5. The van der Waals surface area contributed by atoms with Crippen LogP contribution in [0.15, 0.2) is 24.3 Å². The molecule has 1 saturated heterocycles. The number of nitrogens with one attached hydrogen (secondary N) is 1. The first-order valence-corrected chi connectivity index (χ1v) is 8.41. The van der Waals surface area contributed by atoms with Crippen LogP contribution in [0.4, 0.5) is 0 Å². The van der Waals surface area contributed by atoms with E-state index in [1.54, 1.807) is 0 Å². The van der Waals surface area contributed by atoms with Gasteiger partial charge in [0.25, 0.3) is 0 Å². The maximum absolute atomic E-state index is 12.2. The standard InChI is InChI=1S/C18H26N2O3/c1-18(2,22)16-8-5-9-20(16)12-17(21)19-11-14-10-13-6-3-4-7-15(13)23-14/h3-4,6-7,14,16,22H,5,8-12H2,1-2H3,(H,19,21). The van der Waals surface area contributed by atoms with E-state index in [9.17, 15) is 9.90 Å². The summed E-state index contributed by atoms with van der Waals surface area (Å²) < 4.78 is 5.83. The monoisotopic (exact) mass is 318 g/mol. The fraction of sp³-hybridized carbons (Fsp3) is 0.611. The van der Waals surface area contributed by atoms with E-state index in [0.717, 1.165) is 31.6 Å². The summed E-state index contributed by atoms with van der Waals surface area (Å²) >= 11 is 0. The molecule has 5 nitrogen and oxygen atoms in total. The van der Waals surface area contributed by atoms with Gasteiger partial charge in [-0.1, -0.05) is 18.2 Å². The van der Waals surface area contributed by atoms with E-state index < -0.39 is 5.60 Å². The van der Waals surface area contributed by atoms with E-state index in [1.165, 1.54) is 5.56 Å². The summed E-state index contributed by atoms with van der Waals surface area (Å²) in [7, 11) is 0. The second-order valence-electron chi connectivity index (χ2n) is 7.14. The van der Waals surface area contributed by atoms with Gasteiger partial charge in [0.15, 0.2) is 0 Å². The Morgan fingerprint density at radius 3 is 2.96 bits per heavy atom. The smallest absolute Gasteiger partial charge is 0.234 e. The van der Waals surface area contributed by atoms with Gasteiger partial charge in [0.05, 0.1) is 18.7 Å². The van der Waals surface area contributed by atoms with Crippen LogP contribution >= 0.6 is 0 Å². The second kappa shape index (κ2) is 6.49. The quantitative estimate of drug-likeness (QED) is 0.860. The van der Waals surface area contributed by atoms with Gasteiger partial charge in [-0.25, -0.2) is 0 Å². The highest BCUT2D eigenvalue weighted by atomic mass is 16.5. The van der Waals surface area contributed by atoms with Crippen molar-refractivity contribution in [1.29, 1.82) is 0 Å². The summed E-state index contributed by atoms with van der Waals surface area (Å²) in [5, 5.41) is 13.2. The molecule has 2 aliphatic rings. The van der Waals surface area contributed by atoms with E-state index in [1.807, 2.05) is 32.0 Å². The molecule has 3 rings (SSSR count). The number of ether oxygens (including phenoxy) is 1. The molecule has 1 aromatic carbocycles. The Balaban J connectivity index is 1.46. The maximum Gasteiger partial charge on any atom is 0.234 e. The van der Waals surface area contributed by atoms with Gasteiger partial charge >= 0.3 is 0 Å². The Labute approximate surface area is 137 Å². The van der Waals surface area contributed by atoms with Crippen molar-refractivity contribution in [1.82, 2.24) is 10.2 Å². The van der Waals surface area contributed by atoms with Crippen molar-refractivity contribution in [3.05, 3.63) is 29.8 Å². The second-order valence-corrected chi connectivity index (χ2v) is 7.14. The van der Waals surface area contributed by atoms with Gasteiger partial charge in [-0.05, 0) is 44.9 Å². The zero-order chi connectivity index (χ0) is 16.4. The first-order chi connectivity index (χ1) is 10.9. The van der Waals surface area contributed by atoms with Crippen molar-refractivity contribution in [2.75, 3.05) is 19.6 Å². The summed E-state index contributed by atoms with van der Waals surface area (Å²) in [6.45, 7) is 5.37. The topological polar surface area (TPSA) is 61.8 Å². The number of nitrogens with zero attached hydrogens (tertiary/aromatic N) is 1. The number of carbonyl (C=O) groups is 1. The molecule has 0 spiro atoms. The lowest BCUT2D eigenvalue weighted by Crippen LogP contribution is -2.49. The molecule has 2 atom stereocenters. The molecule has 0 bridgehead atoms. The van der Waals surface area contributed by atoms with Crippen molar-refractivity contribution in [3.63, 3.8) is 0 Å². The van der Waals surface area contributed by atoms with Crippen LogP contribution in [0.5, 0.6) is 5.75 Å². The van der Waals surface area contributed by atoms with Gasteiger partial charge in [-0.15, -0.1) is 0 Å². The van der Waals surface area contributed by atoms with E-state index in [0.29, 0.717) is 13.1 Å². The van der Waals surface area contributed by atoms with E-state index in [4.69, 9.17) is 4.74 Å². The van der Waals surface area contributed by atoms with Crippen molar-refractivity contribution in [2.24, 2.45) is 0 Å². The molecule has 2 N–H and O–H groups in total. The summed E-state index contributed by atoms with van der Waals surface area (Å²) in [6.07, 6.45) is 2.83. The first-order valence-electron chi connectivity index (χ1n) is 8.41. The molecule has 0 radical (unpaired) electrons. The Bertz CT molecular complexity index is 543. The molecule has 2 heterocycles. The molecule has 1 amide bonds. The van der Waals surface area contributed by atoms with Crippen LogP contribution in [0.25, 0.3) is 0 Å². The van der Waals surface area contributed by atoms with Crippen LogP contribution in [-0.2, 0) is 11.2 Å². The molecule has 126 valence electrons. The Hall–Kier alpha value is -1.59. The highest BCUT2D eigenvalue weighted by Gasteiger charge is 2.36. The van der Waals surface area contributed by atoms with Gasteiger partial charge in [-0.3, -0.25) is 9.69 Å². The highest BCUT2D eigenvalue weighted by Crippen LogP contribution is 2.28. The molecule has 0 saturated carbocycles. The third kappa shape index (κ3) is 3.85. The zero-order valence-electron chi connectivity index (χ0n) is 13.9. The van der Waals surface area contributed by atoms with Gasteiger partial charge in [-0.2, -0.15) is 0 Å². The Morgan fingerprint density at radius 2 is 2.22 bits per heavy atom. The third-order valence-electron chi connectivity index (χ3n) is 4.77. The van der Waals surface area contributed by atoms with Crippen LogP contribution in [0.2, 0.25) is 0 Å². The fourth-order valence-electron chi connectivity index (χ4n) is 3.65. The molecule has 1 fully saturated rings. The maximum atomic E-state index is 12.2. The van der Waals surface area contributed by atoms with Crippen molar-refractivity contribution in [3.8, 4) is 5.75 Å². The predicted molar refractivity (Wildman–Crippen MR) is 88.5 cm³/mol. The van der Waals surface area contributed by atoms with Crippen molar-refractivity contribution in [2.45, 2.75) is 50.9 Å². The van der Waals surface area contributed by atoms with E-state index >= 15 is 0 Å². The van der Waals surface area contributed by atoms with Gasteiger partial charge in [0, 0.05) is 12.5 Å². The molecule has 2 aliphatic heterocycles. The minimum absolute atomic E-state index is 0.000654. The normalized spacial score (nSPS) is 24.3. The highest BCUT2D eigenvalue weighted by molar-refractivity contribution is 5.78. The first kappa shape index (κ1) is 16.3. The summed E-state index contributed by atoms with van der Waals surface area (Å²) in [5.41, 5.74) is 0.431. The number of benzene rings is 1. The summed E-state index contributed by atoms with van der Waals surface area (Å²) in [6, 6.07) is 8.06. The average molecular weight is 318 g/mol. The van der Waals surface area contributed by atoms with Crippen LogP contribution in [0.1, 0.15) is 32.3 Å². The van der Waals surface area contributed by atoms with Crippen LogP contribution in [-0.4, -0.2) is 53.3 Å². The third-order valence-corrected chi connectivity index (χ3v) is 4.77. The molecule has 2 unspecified atom stereocenters. The molecule has 1 aromatic rings. The molecule has 0 aromatic heterocycles. The van der Waals surface area contributed by atoms with Gasteiger partial charge < -0.3 is 15.2 Å². The number of likely N-dealkylation sites (tertiary alicyclic amines) is 1. The minimum atomic E-state index is -0.771. The fourth-order valence-corrected chi connectivity index (χ4v) is 3.65. The van der Waals surface area contributed by atoms with Crippen LogP contribution < -0.4 is 10.1 Å². The lowest BCUT2D eigenvalue weighted by Gasteiger charge is -2.33. The SMILES string of the molecule is CC(C)(O)C1CCCN1CC(=O)NCC1Cc2ccccc2O1. The molecule has 23 heavy (non-hydrogen) atoms. The Morgan fingerprint density at radius 1 is 1.43 bits per heavy atom. The number of hydrogen-bond acceptors (Lipinski definition) is 4. The minimum Gasteiger partial charge on any atom is -0.488 e. The number of hydrogen-bond donors (Lipinski definition) is 2. The molecule has 5 heteroatoms. The van der Waals surface area contributed by atoms with Gasteiger partial charge in [0.1, 0.15) is 11.9 Å². The zero-order valence-corrected chi connectivity index (χ0v) is 13.9. The lowest BCUT2D eigenvalue weighted by molar-refractivity contribution is -0.123. The van der Waals surface area contributed by atoms with Crippen molar-refractivity contribution < 1.29 is 14.6 Å². The number of fused-ring (bicyclic) bond motifs is 1. The number of para-hydroxylation sites is 1. The molecular weight excluding hydrogens is 292 g/mol. The Kier molecular flexibility index (Phi) is 4.60. The molecule has 0 aliphatic carbocycles. The largest absolute Gasteiger partial charge is 0.488 e. The van der Waals surface area contributed by atoms with Crippen LogP contribution in [0.3, 0.4) is 0 Å². The average Bonchev–Trinajstić information content (AvgIpc) is 3.10. The summed E-state index contributed by atoms with van der Waals surface area (Å²) in [5.74, 6) is 0.925.